The molecule has 0 spiro atoms. The predicted octanol–water partition coefficient (Wildman–Crippen LogP) is 0.866. The van der Waals surface area contributed by atoms with E-state index in [9.17, 15) is 4.79 Å². The van der Waals surface area contributed by atoms with E-state index in [2.05, 4.69) is 11.8 Å². The molecule has 1 aromatic rings. The van der Waals surface area contributed by atoms with Gasteiger partial charge in [0.1, 0.15) is 0 Å². The fraction of sp³-hybridized carbons (Fsp3) is 0.250. The molecule has 1 N–H and O–H groups in total. The van der Waals surface area contributed by atoms with Crippen LogP contribution in [0.5, 0.6) is 0 Å². The Morgan fingerprint density at radius 1 is 1.25 bits per heavy atom. The summed E-state index contributed by atoms with van der Waals surface area (Å²) in [4.78, 5) is 11.0. The van der Waals surface area contributed by atoms with Crippen LogP contribution in [-0.2, 0) is 14.3 Å². The van der Waals surface area contributed by atoms with Gasteiger partial charge in [0.2, 0.25) is 0 Å². The lowest BCUT2D eigenvalue weighted by Crippen LogP contribution is -2.38. The molecule has 4 nitrogen and oxygen atoms in total. The van der Waals surface area contributed by atoms with E-state index < -0.39 is 11.8 Å². The minimum atomic E-state index is -1.80. The topological polar surface area (TPSA) is 55.8 Å². The molecule has 1 saturated heterocycles. The van der Waals surface area contributed by atoms with Gasteiger partial charge in [0.05, 0.1) is 13.2 Å². The molecule has 0 unspecified atom stereocenters. The second-order valence-electron chi connectivity index (χ2n) is 3.23. The first-order chi connectivity index (χ1) is 7.73. The average molecular weight is 218 g/mol. The summed E-state index contributed by atoms with van der Waals surface area (Å²) >= 11 is 0. The van der Waals surface area contributed by atoms with Crippen LogP contribution < -0.4 is 0 Å². The molecular weight excluding hydrogens is 208 g/mol. The summed E-state index contributed by atoms with van der Waals surface area (Å²) in [5.74, 6) is 2.23. The second kappa shape index (κ2) is 4.35. The van der Waals surface area contributed by atoms with Gasteiger partial charge in [0, 0.05) is 5.56 Å². The standard InChI is InChI=1S/C12H10O4/c13-11(14)12(15-8-9-16-12)7-6-10-4-2-1-3-5-10/h1-5H,8-9H2,(H,13,14). The van der Waals surface area contributed by atoms with E-state index in [1.807, 2.05) is 18.2 Å². The number of carbonyl (C=O) groups is 1. The number of rotatable bonds is 1. The summed E-state index contributed by atoms with van der Waals surface area (Å²) in [7, 11) is 0. The van der Waals surface area contributed by atoms with Gasteiger partial charge in [-0.25, -0.2) is 4.79 Å². The molecule has 0 aromatic heterocycles. The van der Waals surface area contributed by atoms with Crippen LogP contribution in [0, 0.1) is 11.8 Å². The van der Waals surface area contributed by atoms with E-state index in [0.717, 1.165) is 5.56 Å². The molecule has 1 heterocycles. The van der Waals surface area contributed by atoms with Crippen molar-refractivity contribution in [3.05, 3.63) is 35.9 Å². The number of carboxylic acid groups (broad SMARTS) is 1. The van der Waals surface area contributed by atoms with Crippen LogP contribution in [0.15, 0.2) is 30.3 Å². The molecule has 1 fully saturated rings. The number of benzene rings is 1. The smallest absolute Gasteiger partial charge is 0.378 e. The fourth-order valence-corrected chi connectivity index (χ4v) is 1.34. The van der Waals surface area contributed by atoms with Crippen LogP contribution in [0.4, 0.5) is 0 Å². The van der Waals surface area contributed by atoms with Crippen molar-refractivity contribution in [1.82, 2.24) is 0 Å². The van der Waals surface area contributed by atoms with Gasteiger partial charge in [0.15, 0.2) is 0 Å². The molecule has 1 aliphatic rings. The summed E-state index contributed by atoms with van der Waals surface area (Å²) < 4.78 is 10.1. The molecule has 2 rings (SSSR count). The zero-order chi connectivity index (χ0) is 11.4. The Morgan fingerprint density at radius 2 is 1.88 bits per heavy atom. The SMILES string of the molecule is O=C(O)C1(C#Cc2ccccc2)OCCO1. The van der Waals surface area contributed by atoms with Crippen molar-refractivity contribution in [3.8, 4) is 11.8 Å². The first-order valence-corrected chi connectivity index (χ1v) is 4.82. The largest absolute Gasteiger partial charge is 0.476 e. The van der Waals surface area contributed by atoms with Gasteiger partial charge in [-0.2, -0.15) is 0 Å². The van der Waals surface area contributed by atoms with E-state index in [1.165, 1.54) is 0 Å². The molecule has 0 radical (unpaired) electrons. The first-order valence-electron chi connectivity index (χ1n) is 4.82. The highest BCUT2D eigenvalue weighted by Crippen LogP contribution is 2.18. The van der Waals surface area contributed by atoms with Crippen LogP contribution >= 0.6 is 0 Å². The lowest BCUT2D eigenvalue weighted by atomic mass is 10.2. The van der Waals surface area contributed by atoms with Crippen molar-refractivity contribution in [1.29, 1.82) is 0 Å². The minimum Gasteiger partial charge on any atom is -0.476 e. The zero-order valence-electron chi connectivity index (χ0n) is 8.47. The van der Waals surface area contributed by atoms with Gasteiger partial charge in [-0.1, -0.05) is 24.1 Å². The summed E-state index contributed by atoms with van der Waals surface area (Å²) in [6.07, 6.45) is 0. The van der Waals surface area contributed by atoms with Gasteiger partial charge in [-0.05, 0) is 18.1 Å². The van der Waals surface area contributed by atoms with Crippen molar-refractivity contribution in [2.24, 2.45) is 0 Å². The number of hydrogen-bond donors (Lipinski definition) is 1. The molecule has 4 heteroatoms. The van der Waals surface area contributed by atoms with E-state index >= 15 is 0 Å². The maximum Gasteiger partial charge on any atom is 0.378 e. The third kappa shape index (κ3) is 2.06. The minimum absolute atomic E-state index is 0.246. The van der Waals surface area contributed by atoms with Crippen LogP contribution in [0.25, 0.3) is 0 Å². The molecule has 0 saturated carbocycles. The van der Waals surface area contributed by atoms with Crippen LogP contribution in [0.1, 0.15) is 5.56 Å². The van der Waals surface area contributed by atoms with E-state index in [-0.39, 0.29) is 13.2 Å². The van der Waals surface area contributed by atoms with Crippen molar-refractivity contribution in [3.63, 3.8) is 0 Å². The molecule has 0 amide bonds. The lowest BCUT2D eigenvalue weighted by Gasteiger charge is -2.14. The average Bonchev–Trinajstić information content (AvgIpc) is 2.78. The van der Waals surface area contributed by atoms with Crippen LogP contribution in [0.2, 0.25) is 0 Å². The van der Waals surface area contributed by atoms with Crippen LogP contribution in [-0.4, -0.2) is 30.1 Å². The highest BCUT2D eigenvalue weighted by molar-refractivity contribution is 5.80. The number of carboxylic acids is 1. The maximum atomic E-state index is 11.0. The van der Waals surface area contributed by atoms with Crippen molar-refractivity contribution in [2.45, 2.75) is 5.79 Å². The normalized spacial score (nSPS) is 17.5. The van der Waals surface area contributed by atoms with Gasteiger partial charge in [-0.3, -0.25) is 0 Å². The highest BCUT2D eigenvalue weighted by Gasteiger charge is 2.43. The molecular formula is C12H10O4. The Bertz CT molecular complexity index is 435. The summed E-state index contributed by atoms with van der Waals surface area (Å²) in [5, 5.41) is 8.99. The molecule has 0 aliphatic carbocycles. The third-order valence-corrected chi connectivity index (χ3v) is 2.12. The van der Waals surface area contributed by atoms with E-state index in [0.29, 0.717) is 0 Å². The Balaban J connectivity index is 2.25. The molecule has 0 bridgehead atoms. The Kier molecular flexibility index (Phi) is 2.91. The summed E-state index contributed by atoms with van der Waals surface area (Å²) in [6, 6.07) is 9.09. The van der Waals surface area contributed by atoms with Gasteiger partial charge in [0.25, 0.3) is 0 Å². The Labute approximate surface area is 92.8 Å². The Hall–Kier alpha value is -1.83. The third-order valence-electron chi connectivity index (χ3n) is 2.12. The molecule has 16 heavy (non-hydrogen) atoms. The quantitative estimate of drug-likeness (QED) is 0.710. The van der Waals surface area contributed by atoms with Gasteiger partial charge < -0.3 is 14.6 Å². The monoisotopic (exact) mass is 218 g/mol. The molecule has 1 aromatic carbocycles. The number of ether oxygens (including phenoxy) is 2. The summed E-state index contributed by atoms with van der Waals surface area (Å²) in [6.45, 7) is 0.492. The first kappa shape index (κ1) is 10.7. The molecule has 82 valence electrons. The molecule has 1 aliphatic heterocycles. The van der Waals surface area contributed by atoms with Gasteiger partial charge >= 0.3 is 11.8 Å². The number of aliphatic carboxylic acids is 1. The van der Waals surface area contributed by atoms with E-state index in [4.69, 9.17) is 14.6 Å². The molecule has 0 atom stereocenters. The number of hydrogen-bond acceptors (Lipinski definition) is 3. The Morgan fingerprint density at radius 3 is 2.44 bits per heavy atom. The highest BCUT2D eigenvalue weighted by atomic mass is 16.8. The summed E-state index contributed by atoms with van der Waals surface area (Å²) in [5.41, 5.74) is 0.724. The van der Waals surface area contributed by atoms with E-state index in [1.54, 1.807) is 12.1 Å². The fourth-order valence-electron chi connectivity index (χ4n) is 1.34. The van der Waals surface area contributed by atoms with Gasteiger partial charge in [-0.15, -0.1) is 0 Å². The zero-order valence-corrected chi connectivity index (χ0v) is 8.47. The second-order valence-corrected chi connectivity index (χ2v) is 3.23. The van der Waals surface area contributed by atoms with Crippen LogP contribution in [0.3, 0.4) is 0 Å². The van der Waals surface area contributed by atoms with Crippen molar-refractivity contribution >= 4 is 5.97 Å². The predicted molar refractivity (Wildman–Crippen MR) is 55.6 cm³/mol. The van der Waals surface area contributed by atoms with Crippen molar-refractivity contribution in [2.75, 3.05) is 13.2 Å². The maximum absolute atomic E-state index is 11.0. The van der Waals surface area contributed by atoms with Crippen molar-refractivity contribution < 1.29 is 19.4 Å². The lowest BCUT2D eigenvalue weighted by molar-refractivity contribution is -0.182.